The first kappa shape index (κ1) is 27.5. The fourth-order valence-electron chi connectivity index (χ4n) is 5.64. The number of methoxy groups -OCH3 is 1. The van der Waals surface area contributed by atoms with Gasteiger partial charge in [-0.25, -0.2) is 14.4 Å². The highest BCUT2D eigenvalue weighted by atomic mass is 19.1. The molecule has 0 N–H and O–H groups in total. The Hall–Kier alpha value is -4.65. The Balaban J connectivity index is 1.42. The van der Waals surface area contributed by atoms with E-state index in [9.17, 15) is 14.0 Å². The summed E-state index contributed by atoms with van der Waals surface area (Å²) < 4.78 is 25.4. The Kier molecular flexibility index (Phi) is 6.97. The van der Waals surface area contributed by atoms with Gasteiger partial charge >= 0.3 is 0 Å². The smallest absolute Gasteiger partial charge is 0.167 e. The van der Waals surface area contributed by atoms with Crippen LogP contribution in [0.25, 0.3) is 33.4 Å². The Morgan fingerprint density at radius 3 is 2.38 bits per heavy atom. The molecule has 0 radical (unpaired) electrons. The van der Waals surface area contributed by atoms with Gasteiger partial charge in [-0.3, -0.25) is 9.59 Å². The number of carbonyl (C=O) groups is 2. The Bertz CT molecular complexity index is 1850. The van der Waals surface area contributed by atoms with Crippen molar-refractivity contribution in [1.82, 2.24) is 9.97 Å². The Morgan fingerprint density at radius 2 is 1.71 bits per heavy atom. The van der Waals surface area contributed by atoms with Gasteiger partial charge in [-0.05, 0) is 98.0 Å². The number of aromatic nitrogens is 2. The number of fused-ring (bicyclic) bond motifs is 1. The summed E-state index contributed by atoms with van der Waals surface area (Å²) in [5.74, 6) is 1.20. The number of furan rings is 1. The molecule has 0 unspecified atom stereocenters. The van der Waals surface area contributed by atoms with Gasteiger partial charge in [-0.1, -0.05) is 13.0 Å². The second kappa shape index (κ2) is 10.6. The van der Waals surface area contributed by atoms with Gasteiger partial charge < -0.3 is 9.15 Å². The molecule has 0 spiro atoms. The predicted octanol–water partition coefficient (Wildman–Crippen LogP) is 8.22. The third-order valence-corrected chi connectivity index (χ3v) is 8.17. The predicted molar refractivity (Wildman–Crippen MR) is 160 cm³/mol. The zero-order valence-corrected chi connectivity index (χ0v) is 24.1. The number of carbonyl (C=O) groups excluding carboxylic acids is 2. The number of nitrogens with zero attached hydrogens (tertiary/aromatic N) is 2. The summed E-state index contributed by atoms with van der Waals surface area (Å²) in [7, 11) is 1.57. The molecule has 42 heavy (non-hydrogen) atoms. The number of benzene rings is 3. The molecule has 2 aromatic heterocycles. The molecule has 0 amide bonds. The number of halogens is 1. The van der Waals surface area contributed by atoms with Gasteiger partial charge in [0.15, 0.2) is 11.6 Å². The minimum absolute atomic E-state index is 0.0273. The molecule has 1 saturated carbocycles. The van der Waals surface area contributed by atoms with Crippen molar-refractivity contribution in [2.45, 2.75) is 51.9 Å². The molecule has 212 valence electrons. The monoisotopic (exact) mass is 562 g/mol. The number of ether oxygens (including phenoxy) is 1. The van der Waals surface area contributed by atoms with Crippen LogP contribution in [0.5, 0.6) is 5.75 Å². The molecule has 1 aliphatic carbocycles. The van der Waals surface area contributed by atoms with Crippen LogP contribution in [-0.4, -0.2) is 28.6 Å². The molecule has 3 aromatic carbocycles. The van der Waals surface area contributed by atoms with Gasteiger partial charge in [-0.15, -0.1) is 0 Å². The zero-order valence-electron chi connectivity index (χ0n) is 24.1. The fraction of sp³-hybridized carbons (Fsp3) is 0.257. The quantitative estimate of drug-likeness (QED) is 0.168. The van der Waals surface area contributed by atoms with Crippen LogP contribution in [0.1, 0.15) is 70.4 Å². The van der Waals surface area contributed by atoms with E-state index in [0.717, 1.165) is 41.1 Å². The van der Waals surface area contributed by atoms with Crippen LogP contribution < -0.4 is 4.74 Å². The largest absolute Gasteiger partial charge is 0.496 e. The van der Waals surface area contributed by atoms with Gasteiger partial charge in [0.05, 0.1) is 18.2 Å². The SMILES string of the molecule is CCC(=O)c1c(-c2ccc(F)cc2)oc2ccc(-c3cc(C(=O)CC4(c5nccc(C)n5)CC4)c(OC)cc3C)cc12. The van der Waals surface area contributed by atoms with Gasteiger partial charge in [-0.2, -0.15) is 0 Å². The number of Topliss-reactive ketones (excluding diaryl/α,β-unsaturated/α-hetero) is 2. The molecule has 1 fully saturated rings. The summed E-state index contributed by atoms with van der Waals surface area (Å²) in [5.41, 5.74) is 5.33. The summed E-state index contributed by atoms with van der Waals surface area (Å²) in [5, 5.41) is 0.676. The molecule has 6 rings (SSSR count). The number of ketones is 2. The molecule has 0 bridgehead atoms. The van der Waals surface area contributed by atoms with Crippen LogP contribution in [0.15, 0.2) is 71.3 Å². The van der Waals surface area contributed by atoms with Crippen molar-refractivity contribution >= 4 is 22.5 Å². The van der Waals surface area contributed by atoms with E-state index in [-0.39, 0.29) is 22.8 Å². The molecule has 0 saturated heterocycles. The van der Waals surface area contributed by atoms with E-state index < -0.39 is 0 Å². The van der Waals surface area contributed by atoms with E-state index in [2.05, 4.69) is 9.97 Å². The lowest BCUT2D eigenvalue weighted by atomic mass is 9.90. The van der Waals surface area contributed by atoms with Crippen molar-refractivity contribution in [1.29, 1.82) is 0 Å². The second-order valence-corrected chi connectivity index (χ2v) is 11.1. The highest BCUT2D eigenvalue weighted by molar-refractivity contribution is 6.13. The lowest BCUT2D eigenvalue weighted by Gasteiger charge is -2.17. The molecular formula is C35H31FN2O4. The summed E-state index contributed by atoms with van der Waals surface area (Å²) in [4.78, 5) is 36.0. The van der Waals surface area contributed by atoms with Crippen LogP contribution >= 0.6 is 0 Å². The molecule has 1 aliphatic rings. The molecule has 2 heterocycles. The van der Waals surface area contributed by atoms with E-state index in [1.807, 2.05) is 50.2 Å². The summed E-state index contributed by atoms with van der Waals surface area (Å²) in [6, 6.07) is 17.2. The molecule has 7 heteroatoms. The van der Waals surface area contributed by atoms with Crippen LogP contribution in [0.4, 0.5) is 4.39 Å². The minimum atomic E-state index is -0.361. The summed E-state index contributed by atoms with van der Waals surface area (Å²) in [6.45, 7) is 5.70. The van der Waals surface area contributed by atoms with Crippen molar-refractivity contribution in [3.05, 3.63) is 101 Å². The highest BCUT2D eigenvalue weighted by Gasteiger charge is 2.48. The third-order valence-electron chi connectivity index (χ3n) is 8.17. The molecule has 0 aliphatic heterocycles. The minimum Gasteiger partial charge on any atom is -0.496 e. The Labute approximate surface area is 243 Å². The summed E-state index contributed by atoms with van der Waals surface area (Å²) >= 11 is 0. The van der Waals surface area contributed by atoms with Crippen molar-refractivity contribution in [3.8, 4) is 28.2 Å². The number of hydrogen-bond donors (Lipinski definition) is 0. The number of hydrogen-bond acceptors (Lipinski definition) is 6. The van der Waals surface area contributed by atoms with Crippen molar-refractivity contribution in [2.75, 3.05) is 7.11 Å². The summed E-state index contributed by atoms with van der Waals surface area (Å²) in [6.07, 6.45) is 4.07. The standard InChI is InChI=1S/C35H31FN2O4/c1-5-28(39)32-27-17-23(8-11-30(27)42-33(32)22-6-9-24(36)10-7-22)25-18-26(31(41-4)16-20(25)2)29(40)19-35(13-14-35)34-37-15-12-21(3)38-34/h6-12,15-18H,5,13-14,19H2,1-4H3. The van der Waals surface area contributed by atoms with E-state index in [1.54, 1.807) is 32.4 Å². The van der Waals surface area contributed by atoms with Crippen LogP contribution in [0, 0.1) is 19.7 Å². The van der Waals surface area contributed by atoms with Crippen molar-refractivity contribution in [3.63, 3.8) is 0 Å². The van der Waals surface area contributed by atoms with Crippen molar-refractivity contribution in [2.24, 2.45) is 0 Å². The lowest BCUT2D eigenvalue weighted by molar-refractivity contribution is 0.0963. The van der Waals surface area contributed by atoms with Crippen LogP contribution in [0.2, 0.25) is 0 Å². The average molecular weight is 563 g/mol. The van der Waals surface area contributed by atoms with Gasteiger partial charge in [0.1, 0.15) is 28.7 Å². The van der Waals surface area contributed by atoms with E-state index in [4.69, 9.17) is 9.15 Å². The van der Waals surface area contributed by atoms with E-state index >= 15 is 0 Å². The first-order valence-electron chi connectivity index (χ1n) is 14.1. The van der Waals surface area contributed by atoms with Gasteiger partial charge in [0, 0.05) is 41.1 Å². The molecule has 0 atom stereocenters. The van der Waals surface area contributed by atoms with E-state index in [0.29, 0.717) is 52.0 Å². The van der Waals surface area contributed by atoms with Gasteiger partial charge in [0.25, 0.3) is 0 Å². The maximum absolute atomic E-state index is 13.8. The molecular weight excluding hydrogens is 531 g/mol. The lowest BCUT2D eigenvalue weighted by Crippen LogP contribution is -2.18. The van der Waals surface area contributed by atoms with E-state index in [1.165, 1.54) is 12.1 Å². The maximum Gasteiger partial charge on any atom is 0.167 e. The van der Waals surface area contributed by atoms with Crippen LogP contribution in [0.3, 0.4) is 0 Å². The Morgan fingerprint density at radius 1 is 0.976 bits per heavy atom. The second-order valence-electron chi connectivity index (χ2n) is 11.1. The van der Waals surface area contributed by atoms with Crippen molar-refractivity contribution < 1.29 is 23.1 Å². The molecule has 5 aromatic rings. The maximum atomic E-state index is 13.8. The first-order valence-corrected chi connectivity index (χ1v) is 14.1. The average Bonchev–Trinajstić information content (AvgIpc) is 3.68. The topological polar surface area (TPSA) is 82.3 Å². The number of aryl methyl sites for hydroxylation is 2. The number of rotatable bonds is 9. The zero-order chi connectivity index (χ0) is 29.6. The highest BCUT2D eigenvalue weighted by Crippen LogP contribution is 2.50. The first-order chi connectivity index (χ1) is 20.2. The third kappa shape index (κ3) is 4.89. The normalized spacial score (nSPS) is 13.7. The molecule has 6 nitrogen and oxygen atoms in total. The van der Waals surface area contributed by atoms with Crippen LogP contribution in [-0.2, 0) is 5.41 Å². The fourth-order valence-corrected chi connectivity index (χ4v) is 5.64. The van der Waals surface area contributed by atoms with Gasteiger partial charge in [0.2, 0.25) is 0 Å².